The lowest BCUT2D eigenvalue weighted by Gasteiger charge is -2.29. The van der Waals surface area contributed by atoms with Gasteiger partial charge in [-0.05, 0) is 31.4 Å². The highest BCUT2D eigenvalue weighted by atomic mass is 16.3. The number of carbonyl (C=O) groups is 2. The van der Waals surface area contributed by atoms with Crippen molar-refractivity contribution in [2.24, 2.45) is 5.92 Å². The zero-order chi connectivity index (χ0) is 17.7. The summed E-state index contributed by atoms with van der Waals surface area (Å²) in [7, 11) is 0. The van der Waals surface area contributed by atoms with Gasteiger partial charge in [0, 0.05) is 12.7 Å². The van der Waals surface area contributed by atoms with E-state index in [1.165, 1.54) is 6.92 Å². The van der Waals surface area contributed by atoms with E-state index < -0.39 is 17.7 Å². The Balaban J connectivity index is 2.35. The first-order chi connectivity index (χ1) is 11.5. The van der Waals surface area contributed by atoms with Gasteiger partial charge < -0.3 is 10.0 Å². The van der Waals surface area contributed by atoms with Gasteiger partial charge in [-0.25, -0.2) is 0 Å². The van der Waals surface area contributed by atoms with E-state index in [0.29, 0.717) is 18.2 Å². The number of Topliss-reactive ketones (excluding diaryl/α,β-unsaturated/α-hetero) is 1. The van der Waals surface area contributed by atoms with Crippen LogP contribution in [0.5, 0.6) is 0 Å². The van der Waals surface area contributed by atoms with E-state index in [1.54, 1.807) is 23.2 Å². The average Bonchev–Trinajstić information content (AvgIpc) is 2.84. The third kappa shape index (κ3) is 3.66. The van der Waals surface area contributed by atoms with Gasteiger partial charge in [-0.1, -0.05) is 39.2 Å². The SMILES string of the molecule is CCCCC(CC)CN1C(=O)C(O)=C(C(C)=O)C1c1ccccn1. The summed E-state index contributed by atoms with van der Waals surface area (Å²) >= 11 is 0. The number of aromatic nitrogens is 1. The lowest BCUT2D eigenvalue weighted by molar-refractivity contribution is -0.130. The monoisotopic (exact) mass is 330 g/mol. The molecule has 2 heterocycles. The lowest BCUT2D eigenvalue weighted by atomic mass is 9.96. The van der Waals surface area contributed by atoms with Gasteiger partial charge in [-0.3, -0.25) is 14.6 Å². The molecule has 0 bridgehead atoms. The van der Waals surface area contributed by atoms with Gasteiger partial charge in [0.25, 0.3) is 5.91 Å². The van der Waals surface area contributed by atoms with E-state index >= 15 is 0 Å². The van der Waals surface area contributed by atoms with Gasteiger partial charge in [0.05, 0.1) is 11.3 Å². The quantitative estimate of drug-likeness (QED) is 0.791. The fourth-order valence-electron chi connectivity index (χ4n) is 3.24. The number of rotatable bonds is 8. The zero-order valence-electron chi connectivity index (χ0n) is 14.7. The van der Waals surface area contributed by atoms with Gasteiger partial charge in [0.1, 0.15) is 6.04 Å². The highest BCUT2D eigenvalue weighted by molar-refractivity contribution is 6.08. The van der Waals surface area contributed by atoms with Crippen LogP contribution in [0, 0.1) is 5.92 Å². The molecule has 1 amide bonds. The van der Waals surface area contributed by atoms with Crippen molar-refractivity contribution in [1.82, 2.24) is 9.88 Å². The fraction of sp³-hybridized carbons (Fsp3) is 0.526. The zero-order valence-corrected chi connectivity index (χ0v) is 14.7. The number of hydrogen-bond donors (Lipinski definition) is 1. The van der Waals surface area contributed by atoms with Crippen molar-refractivity contribution < 1.29 is 14.7 Å². The van der Waals surface area contributed by atoms with Gasteiger partial charge in [0.15, 0.2) is 11.5 Å². The van der Waals surface area contributed by atoms with Crippen molar-refractivity contribution in [1.29, 1.82) is 0 Å². The molecule has 24 heavy (non-hydrogen) atoms. The molecule has 0 spiro atoms. The summed E-state index contributed by atoms with van der Waals surface area (Å²) in [4.78, 5) is 30.5. The summed E-state index contributed by atoms with van der Waals surface area (Å²) in [5.74, 6) is -0.839. The van der Waals surface area contributed by atoms with Crippen LogP contribution in [0.25, 0.3) is 0 Å². The van der Waals surface area contributed by atoms with E-state index in [4.69, 9.17) is 0 Å². The smallest absolute Gasteiger partial charge is 0.290 e. The van der Waals surface area contributed by atoms with Crippen molar-refractivity contribution in [3.63, 3.8) is 0 Å². The fourth-order valence-corrected chi connectivity index (χ4v) is 3.24. The Hall–Kier alpha value is -2.17. The molecule has 5 nitrogen and oxygen atoms in total. The van der Waals surface area contributed by atoms with E-state index in [-0.39, 0.29) is 11.4 Å². The molecule has 1 aromatic rings. The average molecular weight is 330 g/mol. The van der Waals surface area contributed by atoms with Crippen LogP contribution in [0.2, 0.25) is 0 Å². The summed E-state index contributed by atoms with van der Waals surface area (Å²) in [5.41, 5.74) is 0.773. The van der Waals surface area contributed by atoms with Crippen LogP contribution in [0.15, 0.2) is 35.7 Å². The number of aliphatic hydroxyl groups excluding tert-OH is 1. The maximum Gasteiger partial charge on any atom is 0.290 e. The number of hydrogen-bond acceptors (Lipinski definition) is 4. The minimum atomic E-state index is -0.591. The van der Waals surface area contributed by atoms with E-state index in [9.17, 15) is 14.7 Å². The number of carbonyl (C=O) groups excluding carboxylic acids is 2. The highest BCUT2D eigenvalue weighted by Gasteiger charge is 2.43. The second-order valence-corrected chi connectivity index (χ2v) is 6.35. The maximum atomic E-state index is 12.6. The molecule has 1 N–H and O–H groups in total. The number of unbranched alkanes of at least 4 members (excludes halogenated alkanes) is 1. The molecule has 0 aliphatic carbocycles. The molecule has 130 valence electrons. The predicted molar refractivity (Wildman–Crippen MR) is 92.3 cm³/mol. The number of nitrogens with zero attached hydrogens (tertiary/aromatic N) is 2. The topological polar surface area (TPSA) is 70.5 Å². The summed E-state index contributed by atoms with van der Waals surface area (Å²) < 4.78 is 0. The minimum Gasteiger partial charge on any atom is -0.503 e. The molecule has 2 atom stereocenters. The van der Waals surface area contributed by atoms with Gasteiger partial charge in [0.2, 0.25) is 0 Å². The van der Waals surface area contributed by atoms with Crippen molar-refractivity contribution in [2.45, 2.75) is 52.5 Å². The maximum absolute atomic E-state index is 12.6. The standard InChI is InChI=1S/C19H26N2O3/c1-4-6-9-14(5-2)12-21-17(15-10-7-8-11-20-15)16(13(3)22)18(23)19(21)24/h7-8,10-11,14,17,23H,4-6,9,12H2,1-3H3. The summed E-state index contributed by atoms with van der Waals surface area (Å²) in [6, 6.07) is 4.82. The Kier molecular flexibility index (Phi) is 6.12. The Labute approximate surface area is 143 Å². The molecule has 5 heteroatoms. The van der Waals surface area contributed by atoms with Gasteiger partial charge in [-0.2, -0.15) is 0 Å². The molecule has 0 saturated carbocycles. The third-order valence-corrected chi connectivity index (χ3v) is 4.65. The number of amides is 1. The molecule has 0 saturated heterocycles. The number of ketones is 1. The van der Waals surface area contributed by atoms with Crippen molar-refractivity contribution >= 4 is 11.7 Å². The van der Waals surface area contributed by atoms with E-state index in [0.717, 1.165) is 25.7 Å². The van der Waals surface area contributed by atoms with E-state index in [1.807, 2.05) is 6.07 Å². The van der Waals surface area contributed by atoms with Crippen LogP contribution in [0.1, 0.15) is 58.2 Å². The van der Waals surface area contributed by atoms with Crippen molar-refractivity contribution in [2.75, 3.05) is 6.54 Å². The summed E-state index contributed by atoms with van der Waals surface area (Å²) in [6.45, 7) is 6.16. The second-order valence-electron chi connectivity index (χ2n) is 6.35. The van der Waals surface area contributed by atoms with Crippen LogP contribution in [0.3, 0.4) is 0 Å². The van der Waals surface area contributed by atoms with Crippen LogP contribution in [-0.2, 0) is 9.59 Å². The highest BCUT2D eigenvalue weighted by Crippen LogP contribution is 2.37. The third-order valence-electron chi connectivity index (χ3n) is 4.65. The second kappa shape index (κ2) is 8.08. The van der Waals surface area contributed by atoms with Crippen molar-refractivity contribution in [3.05, 3.63) is 41.4 Å². The molecule has 0 radical (unpaired) electrons. The first-order valence-electron chi connectivity index (χ1n) is 8.67. The van der Waals surface area contributed by atoms with Gasteiger partial charge in [-0.15, -0.1) is 0 Å². The Bertz CT molecular complexity index is 625. The Morgan fingerprint density at radius 3 is 2.67 bits per heavy atom. The summed E-state index contributed by atoms with van der Waals surface area (Å²) in [5, 5.41) is 10.2. The van der Waals surface area contributed by atoms with E-state index in [2.05, 4.69) is 18.8 Å². The normalized spacial score (nSPS) is 19.0. The predicted octanol–water partition coefficient (Wildman–Crippen LogP) is 3.58. The van der Waals surface area contributed by atoms with Crippen LogP contribution in [-0.4, -0.2) is 33.2 Å². The molecule has 0 fully saturated rings. The molecule has 1 aromatic heterocycles. The molecular weight excluding hydrogens is 304 g/mol. The largest absolute Gasteiger partial charge is 0.503 e. The lowest BCUT2D eigenvalue weighted by Crippen LogP contribution is -2.35. The molecule has 2 unspecified atom stereocenters. The molecular formula is C19H26N2O3. The number of pyridine rings is 1. The number of aliphatic hydroxyl groups is 1. The molecule has 1 aliphatic rings. The minimum absolute atomic E-state index is 0.157. The first-order valence-corrected chi connectivity index (χ1v) is 8.67. The molecule has 0 aromatic carbocycles. The van der Waals surface area contributed by atoms with Crippen molar-refractivity contribution in [3.8, 4) is 0 Å². The Morgan fingerprint density at radius 2 is 2.12 bits per heavy atom. The Morgan fingerprint density at radius 1 is 1.38 bits per heavy atom. The van der Waals surface area contributed by atoms with Gasteiger partial charge >= 0.3 is 0 Å². The molecule has 1 aliphatic heterocycles. The van der Waals surface area contributed by atoms with Crippen LogP contribution < -0.4 is 0 Å². The molecule has 2 rings (SSSR count). The van der Waals surface area contributed by atoms with Crippen LogP contribution in [0.4, 0.5) is 0 Å². The first kappa shape index (κ1) is 18.2. The van der Waals surface area contributed by atoms with Crippen LogP contribution >= 0.6 is 0 Å². The summed E-state index contributed by atoms with van der Waals surface area (Å²) in [6.07, 6.45) is 5.83.